The molecular formula is C15H20N2O. The van der Waals surface area contributed by atoms with Crippen LogP contribution in [0.3, 0.4) is 0 Å². The summed E-state index contributed by atoms with van der Waals surface area (Å²) >= 11 is 0. The van der Waals surface area contributed by atoms with Gasteiger partial charge in [0.15, 0.2) is 0 Å². The van der Waals surface area contributed by atoms with E-state index < -0.39 is 0 Å². The van der Waals surface area contributed by atoms with E-state index in [1.807, 2.05) is 19.2 Å². The topological polar surface area (TPSA) is 26.2 Å². The molecule has 96 valence electrons. The van der Waals surface area contributed by atoms with Crippen LogP contribution in [0.5, 0.6) is 5.75 Å². The molecule has 0 radical (unpaired) electrons. The predicted molar refractivity (Wildman–Crippen MR) is 73.7 cm³/mol. The molecule has 3 heteroatoms. The number of nitrogens with zero attached hydrogens (tertiary/aromatic N) is 1. The zero-order valence-electron chi connectivity index (χ0n) is 11.2. The van der Waals surface area contributed by atoms with Gasteiger partial charge in [-0.05, 0) is 36.2 Å². The molecule has 1 aromatic heterocycles. The molecule has 0 amide bonds. The second kappa shape index (κ2) is 5.74. The molecule has 0 bridgehead atoms. The minimum atomic E-state index is 0.306. The summed E-state index contributed by atoms with van der Waals surface area (Å²) in [6.45, 7) is 3.04. The van der Waals surface area contributed by atoms with Gasteiger partial charge in [0.05, 0.1) is 7.11 Å². The minimum absolute atomic E-state index is 0.306. The quantitative estimate of drug-likeness (QED) is 0.875. The van der Waals surface area contributed by atoms with E-state index in [4.69, 9.17) is 4.74 Å². The van der Waals surface area contributed by atoms with Gasteiger partial charge in [0, 0.05) is 32.0 Å². The molecule has 0 spiro atoms. The first kappa shape index (κ1) is 12.7. The van der Waals surface area contributed by atoms with Crippen LogP contribution in [0.4, 0.5) is 0 Å². The Morgan fingerprint density at radius 3 is 2.83 bits per heavy atom. The molecule has 2 aromatic rings. The zero-order valence-corrected chi connectivity index (χ0v) is 11.2. The maximum absolute atomic E-state index is 5.24. The van der Waals surface area contributed by atoms with Crippen LogP contribution in [0.15, 0.2) is 42.7 Å². The van der Waals surface area contributed by atoms with Crippen LogP contribution in [0.25, 0.3) is 0 Å². The summed E-state index contributed by atoms with van der Waals surface area (Å²) < 4.78 is 7.30. The number of benzene rings is 1. The SMILES string of the molecule is COc1cccc(C(C)NCc2ccn(C)c2)c1. The van der Waals surface area contributed by atoms with Crippen molar-refractivity contribution in [3.05, 3.63) is 53.9 Å². The first-order valence-corrected chi connectivity index (χ1v) is 6.17. The Kier molecular flexibility index (Phi) is 4.05. The summed E-state index contributed by atoms with van der Waals surface area (Å²) in [5, 5.41) is 3.51. The van der Waals surface area contributed by atoms with Crippen molar-refractivity contribution in [1.82, 2.24) is 9.88 Å². The maximum atomic E-state index is 5.24. The molecule has 0 saturated heterocycles. The first-order chi connectivity index (χ1) is 8.69. The smallest absolute Gasteiger partial charge is 0.119 e. The third kappa shape index (κ3) is 3.14. The van der Waals surface area contributed by atoms with Crippen molar-refractivity contribution in [1.29, 1.82) is 0 Å². The number of hydrogen-bond donors (Lipinski definition) is 1. The summed E-state index contributed by atoms with van der Waals surface area (Å²) in [5.41, 5.74) is 2.54. The highest BCUT2D eigenvalue weighted by Gasteiger charge is 2.06. The van der Waals surface area contributed by atoms with Crippen LogP contribution in [0.2, 0.25) is 0 Å². The Balaban J connectivity index is 1.96. The number of methoxy groups -OCH3 is 1. The van der Waals surface area contributed by atoms with Crippen LogP contribution in [-0.2, 0) is 13.6 Å². The van der Waals surface area contributed by atoms with Gasteiger partial charge in [0.2, 0.25) is 0 Å². The molecular weight excluding hydrogens is 224 g/mol. The molecule has 3 nitrogen and oxygen atoms in total. The molecule has 1 aromatic carbocycles. The molecule has 0 aliphatic rings. The summed E-state index contributed by atoms with van der Waals surface area (Å²) in [7, 11) is 3.73. The molecule has 0 saturated carbocycles. The standard InChI is InChI=1S/C15H20N2O/c1-12(14-5-4-6-15(9-14)18-3)16-10-13-7-8-17(2)11-13/h4-9,11-12,16H,10H2,1-3H3. The number of ether oxygens (including phenoxy) is 1. The average Bonchev–Trinajstić information content (AvgIpc) is 2.82. The van der Waals surface area contributed by atoms with Crippen molar-refractivity contribution in [2.45, 2.75) is 19.5 Å². The number of nitrogens with one attached hydrogen (secondary N) is 1. The molecule has 0 aliphatic heterocycles. The van der Waals surface area contributed by atoms with Gasteiger partial charge in [0.1, 0.15) is 5.75 Å². The molecule has 0 fully saturated rings. The largest absolute Gasteiger partial charge is 0.497 e. The van der Waals surface area contributed by atoms with E-state index in [2.05, 4.69) is 47.4 Å². The van der Waals surface area contributed by atoms with Gasteiger partial charge in [-0.2, -0.15) is 0 Å². The molecule has 0 aliphatic carbocycles. The summed E-state index contributed by atoms with van der Waals surface area (Å²) in [4.78, 5) is 0. The van der Waals surface area contributed by atoms with Gasteiger partial charge in [-0.3, -0.25) is 0 Å². The highest BCUT2D eigenvalue weighted by molar-refractivity contribution is 5.30. The van der Waals surface area contributed by atoms with Crippen LogP contribution in [-0.4, -0.2) is 11.7 Å². The van der Waals surface area contributed by atoms with E-state index in [1.54, 1.807) is 7.11 Å². The lowest BCUT2D eigenvalue weighted by atomic mass is 10.1. The van der Waals surface area contributed by atoms with Gasteiger partial charge in [0.25, 0.3) is 0 Å². The number of aromatic nitrogens is 1. The Bertz CT molecular complexity index is 505. The Labute approximate surface area is 108 Å². The van der Waals surface area contributed by atoms with E-state index in [-0.39, 0.29) is 0 Å². The van der Waals surface area contributed by atoms with Crippen LogP contribution in [0, 0.1) is 0 Å². The van der Waals surface area contributed by atoms with Crippen LogP contribution < -0.4 is 10.1 Å². The van der Waals surface area contributed by atoms with Crippen LogP contribution in [0.1, 0.15) is 24.1 Å². The van der Waals surface area contributed by atoms with E-state index in [0.29, 0.717) is 6.04 Å². The van der Waals surface area contributed by atoms with Crippen molar-refractivity contribution in [3.8, 4) is 5.75 Å². The molecule has 2 rings (SSSR count). The van der Waals surface area contributed by atoms with E-state index in [1.165, 1.54) is 11.1 Å². The monoisotopic (exact) mass is 244 g/mol. The van der Waals surface area contributed by atoms with Gasteiger partial charge < -0.3 is 14.6 Å². The van der Waals surface area contributed by atoms with Gasteiger partial charge in [-0.15, -0.1) is 0 Å². The Morgan fingerprint density at radius 2 is 2.17 bits per heavy atom. The van der Waals surface area contributed by atoms with E-state index in [9.17, 15) is 0 Å². The zero-order chi connectivity index (χ0) is 13.0. The minimum Gasteiger partial charge on any atom is -0.497 e. The molecule has 1 N–H and O–H groups in total. The highest BCUT2D eigenvalue weighted by Crippen LogP contribution is 2.19. The molecule has 1 atom stereocenters. The number of hydrogen-bond acceptors (Lipinski definition) is 2. The fraction of sp³-hybridized carbons (Fsp3) is 0.333. The van der Waals surface area contributed by atoms with Crippen molar-refractivity contribution in [3.63, 3.8) is 0 Å². The summed E-state index contributed by atoms with van der Waals surface area (Å²) in [6.07, 6.45) is 4.19. The third-order valence-corrected chi connectivity index (χ3v) is 3.10. The molecule has 18 heavy (non-hydrogen) atoms. The second-order valence-electron chi connectivity index (χ2n) is 4.56. The summed E-state index contributed by atoms with van der Waals surface area (Å²) in [6, 6.07) is 10.6. The average molecular weight is 244 g/mol. The molecule has 1 unspecified atom stereocenters. The lowest BCUT2D eigenvalue weighted by Gasteiger charge is -2.14. The molecule has 1 heterocycles. The lowest BCUT2D eigenvalue weighted by Crippen LogP contribution is -2.17. The number of rotatable bonds is 5. The third-order valence-electron chi connectivity index (χ3n) is 3.10. The van der Waals surface area contributed by atoms with E-state index in [0.717, 1.165) is 12.3 Å². The van der Waals surface area contributed by atoms with Gasteiger partial charge >= 0.3 is 0 Å². The summed E-state index contributed by atoms with van der Waals surface area (Å²) in [5.74, 6) is 0.904. The van der Waals surface area contributed by atoms with Crippen molar-refractivity contribution in [2.75, 3.05) is 7.11 Å². The fourth-order valence-corrected chi connectivity index (χ4v) is 1.97. The van der Waals surface area contributed by atoms with Crippen molar-refractivity contribution < 1.29 is 4.74 Å². The fourth-order valence-electron chi connectivity index (χ4n) is 1.97. The first-order valence-electron chi connectivity index (χ1n) is 6.17. The van der Waals surface area contributed by atoms with Crippen LogP contribution >= 0.6 is 0 Å². The van der Waals surface area contributed by atoms with Crippen molar-refractivity contribution in [2.24, 2.45) is 7.05 Å². The normalized spacial score (nSPS) is 12.4. The lowest BCUT2D eigenvalue weighted by molar-refractivity contribution is 0.413. The number of aryl methyl sites for hydroxylation is 1. The highest BCUT2D eigenvalue weighted by atomic mass is 16.5. The van der Waals surface area contributed by atoms with Gasteiger partial charge in [-0.1, -0.05) is 12.1 Å². The Hall–Kier alpha value is -1.74. The van der Waals surface area contributed by atoms with Gasteiger partial charge in [-0.25, -0.2) is 0 Å². The van der Waals surface area contributed by atoms with E-state index >= 15 is 0 Å². The Morgan fingerprint density at radius 1 is 1.33 bits per heavy atom. The maximum Gasteiger partial charge on any atom is 0.119 e. The van der Waals surface area contributed by atoms with Crippen molar-refractivity contribution >= 4 is 0 Å². The second-order valence-corrected chi connectivity index (χ2v) is 4.56. The predicted octanol–water partition coefficient (Wildman–Crippen LogP) is 2.88.